The third-order valence-electron chi connectivity index (χ3n) is 2.95. The van der Waals surface area contributed by atoms with Crippen LogP contribution in [0.25, 0.3) is 0 Å². The lowest BCUT2D eigenvalue weighted by Crippen LogP contribution is -2.39. The summed E-state index contributed by atoms with van der Waals surface area (Å²) in [6.07, 6.45) is 7.00. The third-order valence-corrected chi connectivity index (χ3v) is 2.95. The first-order valence-corrected chi connectivity index (χ1v) is 6.20. The molecule has 18 heavy (non-hydrogen) atoms. The van der Waals surface area contributed by atoms with Gasteiger partial charge in [-0.2, -0.15) is 0 Å². The monoisotopic (exact) mass is 253 g/mol. The molecule has 1 rings (SSSR count). The molecule has 0 aromatic heterocycles. The average Bonchev–Trinajstić information content (AvgIpc) is 2.31. The molecule has 2 N–H and O–H groups in total. The third kappa shape index (κ3) is 4.84. The molecule has 1 fully saturated rings. The van der Waals surface area contributed by atoms with Crippen LogP contribution < -0.4 is 5.32 Å². The van der Waals surface area contributed by atoms with E-state index in [9.17, 15) is 14.3 Å². The first-order valence-electron chi connectivity index (χ1n) is 6.20. The Morgan fingerprint density at radius 2 is 2.00 bits per heavy atom. The van der Waals surface area contributed by atoms with Crippen LogP contribution in [0.3, 0.4) is 0 Å². The second-order valence-corrected chi connectivity index (χ2v) is 4.53. The van der Waals surface area contributed by atoms with Gasteiger partial charge >= 0.3 is 0 Å². The van der Waals surface area contributed by atoms with Crippen LogP contribution in [0.5, 0.6) is 0 Å². The molecule has 0 atom stereocenters. The van der Waals surface area contributed by atoms with Crippen molar-refractivity contribution in [3.63, 3.8) is 0 Å². The van der Waals surface area contributed by atoms with Crippen molar-refractivity contribution in [1.82, 2.24) is 5.32 Å². The van der Waals surface area contributed by atoms with Crippen LogP contribution >= 0.6 is 0 Å². The Labute approximate surface area is 107 Å². The maximum atomic E-state index is 12.7. The highest BCUT2D eigenvalue weighted by Gasteiger charge is 2.21. The van der Waals surface area contributed by atoms with Crippen molar-refractivity contribution in [2.75, 3.05) is 0 Å². The van der Waals surface area contributed by atoms with E-state index in [1.807, 2.05) is 0 Å². The van der Waals surface area contributed by atoms with Crippen molar-refractivity contribution in [2.45, 2.75) is 44.8 Å². The molecule has 4 heteroatoms. The van der Waals surface area contributed by atoms with Gasteiger partial charge in [0.25, 0.3) is 5.91 Å². The molecule has 1 saturated carbocycles. The van der Waals surface area contributed by atoms with Crippen LogP contribution in [0.15, 0.2) is 36.2 Å². The summed E-state index contributed by atoms with van der Waals surface area (Å²) in [5.74, 6) is -0.939. The lowest BCUT2D eigenvalue weighted by Gasteiger charge is -2.26. The van der Waals surface area contributed by atoms with Gasteiger partial charge in [-0.15, -0.1) is 0 Å². The molecule has 1 amide bonds. The summed E-state index contributed by atoms with van der Waals surface area (Å²) >= 11 is 0. The highest BCUT2D eigenvalue weighted by molar-refractivity contribution is 5.96. The molecular weight excluding hydrogens is 233 g/mol. The minimum Gasteiger partial charge on any atom is -0.393 e. The largest absolute Gasteiger partial charge is 0.393 e. The quantitative estimate of drug-likeness (QED) is 0.597. The lowest BCUT2D eigenvalue weighted by molar-refractivity contribution is -0.118. The van der Waals surface area contributed by atoms with Crippen LogP contribution in [0.1, 0.15) is 32.6 Å². The molecule has 1 aliphatic rings. The summed E-state index contributed by atoms with van der Waals surface area (Å²) in [7, 11) is 0. The number of hydrogen-bond acceptors (Lipinski definition) is 2. The van der Waals surface area contributed by atoms with E-state index in [1.54, 1.807) is 19.1 Å². The zero-order valence-electron chi connectivity index (χ0n) is 10.7. The molecule has 1 aliphatic carbocycles. The summed E-state index contributed by atoms with van der Waals surface area (Å²) in [5, 5.41) is 12.2. The van der Waals surface area contributed by atoms with Gasteiger partial charge < -0.3 is 10.4 Å². The molecule has 0 heterocycles. The number of allylic oxidation sites excluding steroid dienone is 3. The van der Waals surface area contributed by atoms with Gasteiger partial charge in [0.1, 0.15) is 5.83 Å². The van der Waals surface area contributed by atoms with E-state index in [1.165, 1.54) is 0 Å². The highest BCUT2D eigenvalue weighted by Crippen LogP contribution is 2.18. The Bertz CT molecular complexity index is 366. The summed E-state index contributed by atoms with van der Waals surface area (Å²) in [4.78, 5) is 11.9. The number of carbonyl (C=O) groups is 1. The predicted octanol–water partition coefficient (Wildman–Crippen LogP) is 2.39. The SMILES string of the molecule is C=C(F)/C=C(\C=C/C)C(=O)NC1CCC(O)CC1. The molecule has 0 radical (unpaired) electrons. The van der Waals surface area contributed by atoms with E-state index in [-0.39, 0.29) is 23.6 Å². The van der Waals surface area contributed by atoms with Crippen molar-refractivity contribution >= 4 is 5.91 Å². The van der Waals surface area contributed by atoms with Crippen LogP contribution in [0.4, 0.5) is 4.39 Å². The van der Waals surface area contributed by atoms with Gasteiger partial charge in [0.05, 0.1) is 6.10 Å². The topological polar surface area (TPSA) is 49.3 Å². The molecule has 100 valence electrons. The van der Waals surface area contributed by atoms with E-state index in [2.05, 4.69) is 11.9 Å². The van der Waals surface area contributed by atoms with Gasteiger partial charge in [-0.05, 0) is 38.7 Å². The van der Waals surface area contributed by atoms with Crippen molar-refractivity contribution in [3.8, 4) is 0 Å². The zero-order valence-corrected chi connectivity index (χ0v) is 10.7. The van der Waals surface area contributed by atoms with Gasteiger partial charge in [0.2, 0.25) is 0 Å². The Balaban J connectivity index is 2.59. The molecule has 0 spiro atoms. The summed E-state index contributed by atoms with van der Waals surface area (Å²) < 4.78 is 12.7. The molecule has 0 bridgehead atoms. The van der Waals surface area contributed by atoms with Gasteiger partial charge in [0.15, 0.2) is 0 Å². The minimum atomic E-state index is -0.641. The molecule has 0 aromatic carbocycles. The highest BCUT2D eigenvalue weighted by atomic mass is 19.1. The Kier molecular flexibility index (Phi) is 5.78. The van der Waals surface area contributed by atoms with Crippen LogP contribution in [-0.4, -0.2) is 23.2 Å². The normalized spacial score (nSPS) is 25.2. The van der Waals surface area contributed by atoms with Crippen molar-refractivity contribution < 1.29 is 14.3 Å². The summed E-state index contributed by atoms with van der Waals surface area (Å²) in [5.41, 5.74) is 0.260. The maximum absolute atomic E-state index is 12.7. The standard InChI is InChI=1S/C14H20FNO2/c1-3-4-11(9-10(2)15)14(18)16-12-5-7-13(17)8-6-12/h3-4,9,12-13,17H,2,5-8H2,1H3,(H,16,18)/b4-3-,11-9+. The van der Waals surface area contributed by atoms with Gasteiger partial charge in [-0.25, -0.2) is 4.39 Å². The molecule has 0 saturated heterocycles. The number of amides is 1. The minimum absolute atomic E-state index is 0.0578. The average molecular weight is 253 g/mol. The molecule has 3 nitrogen and oxygen atoms in total. The Hall–Kier alpha value is -1.42. The molecule has 0 aromatic rings. The number of hydrogen-bond donors (Lipinski definition) is 2. The first kappa shape index (κ1) is 14.6. The van der Waals surface area contributed by atoms with Crippen molar-refractivity contribution in [2.24, 2.45) is 0 Å². The van der Waals surface area contributed by atoms with E-state index in [4.69, 9.17) is 0 Å². The van der Waals surface area contributed by atoms with E-state index in [0.29, 0.717) is 12.8 Å². The van der Waals surface area contributed by atoms with Gasteiger partial charge in [0, 0.05) is 11.6 Å². The van der Waals surface area contributed by atoms with E-state index in [0.717, 1.165) is 18.9 Å². The number of halogens is 1. The number of rotatable bonds is 4. The van der Waals surface area contributed by atoms with Crippen molar-refractivity contribution in [3.05, 3.63) is 36.2 Å². The molecular formula is C14H20FNO2. The van der Waals surface area contributed by atoms with E-state index >= 15 is 0 Å². The smallest absolute Gasteiger partial charge is 0.251 e. The fraction of sp³-hybridized carbons (Fsp3) is 0.500. The van der Waals surface area contributed by atoms with Crippen molar-refractivity contribution in [1.29, 1.82) is 0 Å². The molecule has 0 unspecified atom stereocenters. The fourth-order valence-corrected chi connectivity index (χ4v) is 2.03. The number of carbonyl (C=O) groups excluding carboxylic acids is 1. The van der Waals surface area contributed by atoms with Gasteiger partial charge in [-0.1, -0.05) is 18.7 Å². The first-order chi connectivity index (χ1) is 8.52. The Morgan fingerprint density at radius 1 is 1.39 bits per heavy atom. The molecule has 0 aliphatic heterocycles. The number of nitrogens with one attached hydrogen (secondary N) is 1. The predicted molar refractivity (Wildman–Crippen MR) is 69.6 cm³/mol. The number of aliphatic hydroxyl groups excluding tert-OH is 1. The van der Waals surface area contributed by atoms with Crippen LogP contribution in [0.2, 0.25) is 0 Å². The summed E-state index contributed by atoms with van der Waals surface area (Å²) in [6, 6.07) is 0.0578. The van der Waals surface area contributed by atoms with Crippen LogP contribution in [0, 0.1) is 0 Å². The van der Waals surface area contributed by atoms with Crippen LogP contribution in [-0.2, 0) is 4.79 Å². The van der Waals surface area contributed by atoms with E-state index < -0.39 is 5.83 Å². The fourth-order valence-electron chi connectivity index (χ4n) is 2.03. The lowest BCUT2D eigenvalue weighted by atomic mass is 9.93. The zero-order chi connectivity index (χ0) is 13.5. The maximum Gasteiger partial charge on any atom is 0.251 e. The number of aliphatic hydroxyl groups is 1. The second kappa shape index (κ2) is 7.11. The second-order valence-electron chi connectivity index (χ2n) is 4.53. The Morgan fingerprint density at radius 3 is 2.50 bits per heavy atom. The summed E-state index contributed by atoms with van der Waals surface area (Å²) in [6.45, 7) is 4.89. The van der Waals surface area contributed by atoms with Gasteiger partial charge in [-0.3, -0.25) is 4.79 Å².